The van der Waals surface area contributed by atoms with Gasteiger partial charge in [0.25, 0.3) is 0 Å². The molecule has 0 aliphatic carbocycles. The van der Waals surface area contributed by atoms with E-state index in [1.54, 1.807) is 0 Å². The molecule has 0 amide bonds. The summed E-state index contributed by atoms with van der Waals surface area (Å²) in [6, 6.07) is 0. The van der Waals surface area contributed by atoms with Crippen molar-refractivity contribution >= 4 is 0 Å². The summed E-state index contributed by atoms with van der Waals surface area (Å²) in [5, 5.41) is 0. The van der Waals surface area contributed by atoms with E-state index in [4.69, 9.17) is 10.5 Å². The quantitative estimate of drug-likeness (QED) is 0.656. The molecule has 0 aromatic rings. The lowest BCUT2D eigenvalue weighted by Gasteiger charge is -2.49. The minimum absolute atomic E-state index is 0.0575. The second-order valence-corrected chi connectivity index (χ2v) is 6.75. The van der Waals surface area contributed by atoms with Gasteiger partial charge in [0, 0.05) is 12.1 Å². The van der Waals surface area contributed by atoms with Gasteiger partial charge in [0.15, 0.2) is 0 Å². The molecular formula is C12H24N2O. The summed E-state index contributed by atoms with van der Waals surface area (Å²) in [7, 11) is 2.21. The van der Waals surface area contributed by atoms with Crippen LogP contribution < -0.4 is 5.73 Å². The molecule has 2 heterocycles. The Labute approximate surface area is 93.0 Å². The van der Waals surface area contributed by atoms with Crippen LogP contribution in [0.2, 0.25) is 0 Å². The number of ether oxygens (including phenoxy) is 1. The second-order valence-electron chi connectivity index (χ2n) is 6.75. The number of nitrogens with two attached hydrogens (primary N) is 1. The maximum atomic E-state index is 6.42. The minimum Gasteiger partial charge on any atom is -0.377 e. The third kappa shape index (κ3) is 2.05. The highest BCUT2D eigenvalue weighted by molar-refractivity contribution is 5.06. The Balaban J connectivity index is 2.24. The van der Waals surface area contributed by atoms with Crippen LogP contribution >= 0.6 is 0 Å². The molecule has 2 saturated heterocycles. The largest absolute Gasteiger partial charge is 0.377 e. The summed E-state index contributed by atoms with van der Waals surface area (Å²) in [4.78, 5) is 2.47. The molecule has 2 rings (SSSR count). The van der Waals surface area contributed by atoms with E-state index in [-0.39, 0.29) is 11.1 Å². The fraction of sp³-hybridized carbons (Fsp3) is 1.00. The van der Waals surface area contributed by atoms with Crippen LogP contribution in [0.4, 0.5) is 0 Å². The third-order valence-corrected chi connectivity index (χ3v) is 3.83. The summed E-state index contributed by atoms with van der Waals surface area (Å²) >= 11 is 0. The molecule has 2 aliphatic heterocycles. The zero-order valence-corrected chi connectivity index (χ0v) is 10.5. The first kappa shape index (κ1) is 11.4. The molecule has 1 spiro atoms. The van der Waals surface area contributed by atoms with Crippen LogP contribution in [-0.2, 0) is 4.74 Å². The Morgan fingerprint density at radius 2 is 1.73 bits per heavy atom. The molecule has 0 bridgehead atoms. The average Bonchev–Trinajstić information content (AvgIpc) is 1.98. The zero-order chi connectivity index (χ0) is 11.3. The number of likely N-dealkylation sites (N-methyl/N-ethyl adjacent to an activating group) is 1. The summed E-state index contributed by atoms with van der Waals surface area (Å²) in [6.07, 6.45) is 2.14. The van der Waals surface area contributed by atoms with E-state index in [2.05, 4.69) is 32.7 Å². The number of hydrogen-bond acceptors (Lipinski definition) is 3. The lowest BCUT2D eigenvalue weighted by Crippen LogP contribution is -2.63. The molecule has 1 atom stereocenters. The maximum absolute atomic E-state index is 6.42. The lowest BCUT2D eigenvalue weighted by atomic mass is 9.76. The summed E-state index contributed by atoms with van der Waals surface area (Å²) in [6.45, 7) is 9.64. The van der Waals surface area contributed by atoms with Crippen LogP contribution in [0.15, 0.2) is 0 Å². The van der Waals surface area contributed by atoms with Crippen molar-refractivity contribution in [3.05, 3.63) is 0 Å². The molecule has 0 saturated carbocycles. The van der Waals surface area contributed by atoms with Gasteiger partial charge in [-0.3, -0.25) is 4.90 Å². The van der Waals surface area contributed by atoms with Gasteiger partial charge in [0.2, 0.25) is 0 Å². The third-order valence-electron chi connectivity index (χ3n) is 3.83. The monoisotopic (exact) mass is 212 g/mol. The summed E-state index contributed by atoms with van der Waals surface area (Å²) < 4.78 is 5.41. The Bertz CT molecular complexity index is 256. The van der Waals surface area contributed by atoms with Gasteiger partial charge in [-0.25, -0.2) is 0 Å². The van der Waals surface area contributed by atoms with Crippen LogP contribution in [0.25, 0.3) is 0 Å². The molecular weight excluding hydrogens is 188 g/mol. The first-order chi connectivity index (χ1) is 6.75. The standard InChI is InChI=1S/C12H24N2O/c1-10(2)5-11(3,13)6-12(8-15-9-12)14(4)7-10/h5-9,13H2,1-4H3. The van der Waals surface area contributed by atoms with Crippen molar-refractivity contribution in [1.29, 1.82) is 0 Å². The van der Waals surface area contributed by atoms with Gasteiger partial charge in [-0.1, -0.05) is 13.8 Å². The number of rotatable bonds is 0. The fourth-order valence-corrected chi connectivity index (χ4v) is 3.57. The first-order valence-corrected chi connectivity index (χ1v) is 5.83. The predicted octanol–water partition coefficient (Wildman–Crippen LogP) is 1.22. The SMILES string of the molecule is CN1CC(C)(C)CC(C)(N)CC12COC2. The van der Waals surface area contributed by atoms with Crippen LogP contribution in [0.3, 0.4) is 0 Å². The molecule has 2 N–H and O–H groups in total. The molecule has 88 valence electrons. The van der Waals surface area contributed by atoms with E-state index in [0.29, 0.717) is 5.41 Å². The Hall–Kier alpha value is -0.120. The van der Waals surface area contributed by atoms with Crippen molar-refractivity contribution in [2.45, 2.75) is 44.7 Å². The molecule has 1 unspecified atom stereocenters. The molecule has 0 aromatic carbocycles. The molecule has 0 aromatic heterocycles. The van der Waals surface area contributed by atoms with E-state index in [0.717, 1.165) is 32.6 Å². The minimum atomic E-state index is -0.0575. The van der Waals surface area contributed by atoms with Crippen LogP contribution in [0.5, 0.6) is 0 Å². The molecule has 15 heavy (non-hydrogen) atoms. The highest BCUT2D eigenvalue weighted by Gasteiger charge is 2.50. The number of nitrogens with zero attached hydrogens (tertiary/aromatic N) is 1. The average molecular weight is 212 g/mol. The number of hydrogen-bond donors (Lipinski definition) is 1. The van der Waals surface area contributed by atoms with Gasteiger partial charge in [-0.2, -0.15) is 0 Å². The van der Waals surface area contributed by atoms with Crippen LogP contribution in [-0.4, -0.2) is 42.8 Å². The van der Waals surface area contributed by atoms with Gasteiger partial charge >= 0.3 is 0 Å². The van der Waals surface area contributed by atoms with E-state index < -0.39 is 0 Å². The van der Waals surface area contributed by atoms with Crippen molar-refractivity contribution < 1.29 is 4.74 Å². The van der Waals surface area contributed by atoms with Crippen LogP contribution in [0.1, 0.15) is 33.6 Å². The van der Waals surface area contributed by atoms with Gasteiger partial charge in [-0.15, -0.1) is 0 Å². The normalized spacial score (nSPS) is 39.8. The van der Waals surface area contributed by atoms with Crippen molar-refractivity contribution in [3.8, 4) is 0 Å². The zero-order valence-electron chi connectivity index (χ0n) is 10.5. The molecule has 2 aliphatic rings. The van der Waals surface area contributed by atoms with E-state index in [1.165, 1.54) is 0 Å². The van der Waals surface area contributed by atoms with E-state index >= 15 is 0 Å². The summed E-state index contributed by atoms with van der Waals surface area (Å²) in [5.41, 5.74) is 6.88. The highest BCUT2D eigenvalue weighted by Crippen LogP contribution is 2.42. The Morgan fingerprint density at radius 3 is 2.20 bits per heavy atom. The smallest absolute Gasteiger partial charge is 0.0693 e. The van der Waals surface area contributed by atoms with E-state index in [1.807, 2.05) is 0 Å². The topological polar surface area (TPSA) is 38.5 Å². The maximum Gasteiger partial charge on any atom is 0.0693 e. The molecule has 2 fully saturated rings. The Kier molecular flexibility index (Phi) is 2.42. The molecule has 3 nitrogen and oxygen atoms in total. The van der Waals surface area contributed by atoms with Gasteiger partial charge < -0.3 is 10.5 Å². The van der Waals surface area contributed by atoms with Gasteiger partial charge in [0.05, 0.1) is 18.8 Å². The van der Waals surface area contributed by atoms with Gasteiger partial charge in [0.1, 0.15) is 0 Å². The predicted molar refractivity (Wildman–Crippen MR) is 61.8 cm³/mol. The van der Waals surface area contributed by atoms with Crippen molar-refractivity contribution in [1.82, 2.24) is 4.90 Å². The van der Waals surface area contributed by atoms with Crippen molar-refractivity contribution in [2.24, 2.45) is 11.1 Å². The summed E-state index contributed by atoms with van der Waals surface area (Å²) in [5.74, 6) is 0. The van der Waals surface area contributed by atoms with E-state index in [9.17, 15) is 0 Å². The number of likely N-dealkylation sites (tertiary alicyclic amines) is 1. The lowest BCUT2D eigenvalue weighted by molar-refractivity contribution is -0.140. The van der Waals surface area contributed by atoms with Gasteiger partial charge in [-0.05, 0) is 32.2 Å². The van der Waals surface area contributed by atoms with Crippen molar-refractivity contribution in [3.63, 3.8) is 0 Å². The second kappa shape index (κ2) is 3.19. The first-order valence-electron chi connectivity index (χ1n) is 5.83. The molecule has 0 radical (unpaired) electrons. The van der Waals surface area contributed by atoms with Crippen LogP contribution in [0, 0.1) is 5.41 Å². The fourth-order valence-electron chi connectivity index (χ4n) is 3.57. The van der Waals surface area contributed by atoms with Crippen molar-refractivity contribution in [2.75, 3.05) is 26.8 Å². The Morgan fingerprint density at radius 1 is 1.13 bits per heavy atom. The highest BCUT2D eigenvalue weighted by atomic mass is 16.5. The molecule has 3 heteroatoms.